The van der Waals surface area contributed by atoms with E-state index in [2.05, 4.69) is 99.6 Å². The van der Waals surface area contributed by atoms with Crippen molar-refractivity contribution in [2.45, 2.75) is 33.0 Å². The SMILES string of the molecule is [2H]C([2H])([2H])c1ccc(-n2c(-c3ccccc3O)nc3c(-c4[c-]c(-c5cc(-c6ccc(-c7ccccc7)cc6)ccn5)cc(C(C)(C)C)c4)cccc32)c(-c2ccccc2)c1.[Pt]. The van der Waals surface area contributed by atoms with Gasteiger partial charge in [0.25, 0.3) is 0 Å². The van der Waals surface area contributed by atoms with Crippen molar-refractivity contribution >= 4 is 11.0 Å². The number of rotatable bonds is 7. The largest absolute Gasteiger partial charge is 0.507 e. The van der Waals surface area contributed by atoms with Crippen molar-refractivity contribution in [3.63, 3.8) is 0 Å². The van der Waals surface area contributed by atoms with Gasteiger partial charge in [-0.2, -0.15) is 0 Å². The second-order valence-electron chi connectivity index (χ2n) is 15.4. The number of hydrogen-bond donors (Lipinski definition) is 1. The van der Waals surface area contributed by atoms with Crippen molar-refractivity contribution in [2.24, 2.45) is 0 Å². The molecule has 0 saturated carbocycles. The van der Waals surface area contributed by atoms with Gasteiger partial charge in [-0.05, 0) is 76.5 Å². The van der Waals surface area contributed by atoms with E-state index in [1.807, 2.05) is 83.6 Å². The standard InChI is InChI=1S/C53H42N3O.Pt/c1-35-22-27-48(46(30-35)39-16-9-6-10-17-39)56-49-20-13-19-44(51(49)55-52(56)45-18-11-12-21-50(45)57)41-31-42(33-43(32-41)53(2,3)4)47-34-40(28-29-54-47)38-25-23-37(24-26-38)36-14-7-5-8-15-36;/h5-30,32-34,57H,1-4H3;/q-1;/i1D3;. The van der Waals surface area contributed by atoms with E-state index in [0.29, 0.717) is 16.9 Å². The summed E-state index contributed by atoms with van der Waals surface area (Å²) in [5, 5.41) is 11.3. The van der Waals surface area contributed by atoms with E-state index in [-0.39, 0.29) is 37.8 Å². The minimum absolute atomic E-state index is 0. The zero-order valence-electron chi connectivity index (χ0n) is 35.3. The maximum atomic E-state index is 11.3. The molecule has 0 atom stereocenters. The number of phenols is 1. The van der Waals surface area contributed by atoms with Crippen LogP contribution < -0.4 is 0 Å². The molecule has 0 saturated heterocycles. The van der Waals surface area contributed by atoms with Gasteiger partial charge in [0.1, 0.15) is 11.6 Å². The summed E-state index contributed by atoms with van der Waals surface area (Å²) in [4.78, 5) is 10.2. The van der Waals surface area contributed by atoms with E-state index in [1.54, 1.807) is 24.3 Å². The molecule has 9 rings (SSSR count). The molecule has 0 radical (unpaired) electrons. The second kappa shape index (κ2) is 15.9. The summed E-state index contributed by atoms with van der Waals surface area (Å²) in [5.41, 5.74) is 13.4. The number of aryl methyl sites for hydroxylation is 1. The van der Waals surface area contributed by atoms with Gasteiger partial charge in [0.05, 0.1) is 22.3 Å². The van der Waals surface area contributed by atoms with E-state index in [0.717, 1.165) is 67.0 Å². The summed E-state index contributed by atoms with van der Waals surface area (Å²) >= 11 is 0. The van der Waals surface area contributed by atoms with Crippen LogP contribution in [0.1, 0.15) is 36.0 Å². The quantitative estimate of drug-likeness (QED) is 0.162. The fraction of sp³-hybridized carbons (Fsp3) is 0.0943. The number of para-hydroxylation sites is 2. The molecule has 0 amide bonds. The van der Waals surface area contributed by atoms with Gasteiger partial charge in [-0.15, -0.1) is 29.3 Å². The van der Waals surface area contributed by atoms with Gasteiger partial charge in [-0.25, -0.2) is 4.98 Å². The molecule has 7 aromatic carbocycles. The third-order valence-electron chi connectivity index (χ3n) is 10.5. The maximum Gasteiger partial charge on any atom is 0.148 e. The number of imidazole rings is 1. The third kappa shape index (κ3) is 7.44. The van der Waals surface area contributed by atoms with Gasteiger partial charge in [0.15, 0.2) is 0 Å². The number of aromatic nitrogens is 3. The zero-order valence-corrected chi connectivity index (χ0v) is 34.6. The van der Waals surface area contributed by atoms with Crippen molar-refractivity contribution in [2.75, 3.05) is 0 Å². The molecule has 0 fully saturated rings. The van der Waals surface area contributed by atoms with Crippen LogP contribution in [0.25, 0.3) is 83.9 Å². The molecule has 0 bridgehead atoms. The Morgan fingerprint density at radius 3 is 1.93 bits per heavy atom. The van der Waals surface area contributed by atoms with Crippen LogP contribution in [0.15, 0.2) is 176 Å². The van der Waals surface area contributed by atoms with Crippen molar-refractivity contribution in [1.29, 1.82) is 0 Å². The Morgan fingerprint density at radius 2 is 1.22 bits per heavy atom. The number of aromatic hydroxyl groups is 1. The van der Waals surface area contributed by atoms with E-state index in [9.17, 15) is 5.11 Å². The van der Waals surface area contributed by atoms with E-state index in [1.165, 1.54) is 5.56 Å². The van der Waals surface area contributed by atoms with Crippen molar-refractivity contribution in [3.8, 4) is 78.6 Å². The molecule has 2 aromatic heterocycles. The van der Waals surface area contributed by atoms with Gasteiger partial charge < -0.3 is 5.11 Å². The van der Waals surface area contributed by atoms with Crippen LogP contribution in [0.2, 0.25) is 0 Å². The molecule has 58 heavy (non-hydrogen) atoms. The first-order valence-electron chi connectivity index (χ1n) is 20.6. The number of nitrogens with zero attached hydrogens (tertiary/aromatic N) is 3. The first-order valence-corrected chi connectivity index (χ1v) is 19.1. The summed E-state index contributed by atoms with van der Waals surface area (Å²) in [5.74, 6) is 0.606. The van der Waals surface area contributed by atoms with Crippen LogP contribution in [-0.4, -0.2) is 19.6 Å². The molecule has 1 N–H and O–H groups in total. The van der Waals surface area contributed by atoms with Gasteiger partial charge in [-0.3, -0.25) is 9.55 Å². The average Bonchev–Trinajstić information content (AvgIpc) is 3.66. The van der Waals surface area contributed by atoms with Crippen LogP contribution in [-0.2, 0) is 26.5 Å². The minimum atomic E-state index is -2.31. The first kappa shape index (κ1) is 34.9. The number of pyridine rings is 1. The van der Waals surface area contributed by atoms with Gasteiger partial charge in [-0.1, -0.05) is 159 Å². The Labute approximate surface area is 359 Å². The van der Waals surface area contributed by atoms with Crippen molar-refractivity contribution in [1.82, 2.24) is 14.5 Å². The van der Waals surface area contributed by atoms with Crippen LogP contribution in [0.3, 0.4) is 0 Å². The Balaban J connectivity index is 0.00000514. The van der Waals surface area contributed by atoms with Gasteiger partial charge in [0, 0.05) is 42.6 Å². The smallest absolute Gasteiger partial charge is 0.148 e. The number of fused-ring (bicyclic) bond motifs is 1. The molecule has 286 valence electrons. The fourth-order valence-electron chi connectivity index (χ4n) is 7.51. The van der Waals surface area contributed by atoms with E-state index < -0.39 is 6.85 Å². The number of phenolic OH excluding ortho intramolecular Hbond substituents is 1. The van der Waals surface area contributed by atoms with Crippen LogP contribution in [0.4, 0.5) is 0 Å². The Bertz CT molecular complexity index is 3010. The molecule has 2 heterocycles. The minimum Gasteiger partial charge on any atom is -0.507 e. The first-order chi connectivity index (χ1) is 28.9. The number of hydrogen-bond acceptors (Lipinski definition) is 3. The molecule has 0 unspecified atom stereocenters. The number of benzene rings is 7. The molecular weight excluding hydrogens is 890 g/mol. The van der Waals surface area contributed by atoms with Gasteiger partial charge in [0.2, 0.25) is 0 Å². The van der Waals surface area contributed by atoms with Crippen LogP contribution in [0, 0.1) is 12.9 Å². The molecule has 5 heteroatoms. The maximum absolute atomic E-state index is 11.3. The molecule has 0 aliphatic heterocycles. The summed E-state index contributed by atoms with van der Waals surface area (Å²) in [6.07, 6.45) is 1.86. The predicted octanol–water partition coefficient (Wildman–Crippen LogP) is 13.5. The third-order valence-corrected chi connectivity index (χ3v) is 10.5. The van der Waals surface area contributed by atoms with Crippen molar-refractivity contribution in [3.05, 3.63) is 193 Å². The molecule has 0 aliphatic rings. The van der Waals surface area contributed by atoms with E-state index >= 15 is 0 Å². The molecule has 9 aromatic rings. The summed E-state index contributed by atoms with van der Waals surface area (Å²) in [6, 6.07) is 59.5. The summed E-state index contributed by atoms with van der Waals surface area (Å²) in [7, 11) is 0. The normalized spacial score (nSPS) is 12.4. The van der Waals surface area contributed by atoms with Crippen LogP contribution in [0.5, 0.6) is 5.75 Å². The Kier molecular flexibility index (Phi) is 9.55. The average molecular weight is 935 g/mol. The second-order valence-corrected chi connectivity index (χ2v) is 15.4. The Hall–Kier alpha value is -6.35. The molecule has 0 spiro atoms. The monoisotopic (exact) mass is 934 g/mol. The van der Waals surface area contributed by atoms with Crippen LogP contribution >= 0.6 is 0 Å². The molecule has 4 nitrogen and oxygen atoms in total. The topological polar surface area (TPSA) is 50.9 Å². The molecule has 0 aliphatic carbocycles. The fourth-order valence-corrected chi connectivity index (χ4v) is 7.51. The van der Waals surface area contributed by atoms with Crippen molar-refractivity contribution < 1.29 is 30.3 Å². The Morgan fingerprint density at radius 1 is 0.586 bits per heavy atom. The molecular formula is C53H42N3OPt-. The van der Waals surface area contributed by atoms with Gasteiger partial charge >= 0.3 is 0 Å². The summed E-state index contributed by atoms with van der Waals surface area (Å²) in [6.45, 7) is 4.30. The summed E-state index contributed by atoms with van der Waals surface area (Å²) < 4.78 is 26.8. The predicted molar refractivity (Wildman–Crippen MR) is 235 cm³/mol. The zero-order chi connectivity index (χ0) is 41.6. The van der Waals surface area contributed by atoms with E-state index in [4.69, 9.17) is 14.1 Å².